The molecule has 6 nitrogen and oxygen atoms in total. The number of allylic oxidation sites excluding steroid dienone is 2. The number of fused-ring (bicyclic) bond motifs is 3. The zero-order chi connectivity index (χ0) is 19.8. The molecule has 2 aromatic carbocycles. The first kappa shape index (κ1) is 18.5. The van der Waals surface area contributed by atoms with Crippen LogP contribution in [0.5, 0.6) is 0 Å². The number of nitrogens with one attached hydrogen (secondary N) is 2. The van der Waals surface area contributed by atoms with Crippen molar-refractivity contribution in [2.45, 2.75) is 25.3 Å². The summed E-state index contributed by atoms with van der Waals surface area (Å²) in [6.45, 7) is 2.42. The fourth-order valence-corrected chi connectivity index (χ4v) is 4.45. The first-order valence-corrected chi connectivity index (χ1v) is 9.67. The molecule has 0 radical (unpaired) electrons. The third-order valence-corrected chi connectivity index (χ3v) is 5.82. The van der Waals surface area contributed by atoms with Crippen LogP contribution in [0.2, 0.25) is 5.02 Å². The van der Waals surface area contributed by atoms with Crippen molar-refractivity contribution >= 4 is 28.9 Å². The highest BCUT2D eigenvalue weighted by Crippen LogP contribution is 2.51. The fourth-order valence-electron chi connectivity index (χ4n) is 4.26. The van der Waals surface area contributed by atoms with Crippen molar-refractivity contribution in [1.82, 2.24) is 5.32 Å². The average molecular weight is 398 g/mol. The Morgan fingerprint density at radius 1 is 1.36 bits per heavy atom. The standard InChI is InChI=1S/C21H20ClN3O3/c1-2-23-21(26)16-8-4-7-15-13-5-3-6-14(13)19(24-20(15)16)12-9-10-17(22)18(11-12)25(27)28/h3-5,7-11,13-14,19,24H,2,6H2,1H3,(H,23,26). The lowest BCUT2D eigenvalue weighted by Gasteiger charge is -2.38. The van der Waals surface area contributed by atoms with E-state index in [-0.39, 0.29) is 34.5 Å². The number of para-hydroxylation sites is 1. The van der Waals surface area contributed by atoms with Gasteiger partial charge in [0.25, 0.3) is 11.6 Å². The summed E-state index contributed by atoms with van der Waals surface area (Å²) in [5.41, 5.74) is 3.16. The van der Waals surface area contributed by atoms with Crippen LogP contribution >= 0.6 is 11.6 Å². The van der Waals surface area contributed by atoms with Crippen molar-refractivity contribution in [2.24, 2.45) is 5.92 Å². The lowest BCUT2D eigenvalue weighted by Crippen LogP contribution is -2.32. The average Bonchev–Trinajstić information content (AvgIpc) is 3.17. The van der Waals surface area contributed by atoms with Gasteiger partial charge in [-0.3, -0.25) is 14.9 Å². The number of benzene rings is 2. The van der Waals surface area contributed by atoms with E-state index in [2.05, 4.69) is 22.8 Å². The molecule has 1 amide bonds. The number of nitro benzene ring substituents is 1. The number of anilines is 1. The first-order chi connectivity index (χ1) is 13.5. The number of amides is 1. The van der Waals surface area contributed by atoms with Crippen LogP contribution < -0.4 is 10.6 Å². The van der Waals surface area contributed by atoms with E-state index in [0.717, 1.165) is 23.2 Å². The molecule has 0 aromatic heterocycles. The van der Waals surface area contributed by atoms with E-state index in [4.69, 9.17) is 11.6 Å². The normalized spacial score (nSPS) is 22.1. The minimum absolute atomic E-state index is 0.105. The molecule has 0 spiro atoms. The van der Waals surface area contributed by atoms with E-state index < -0.39 is 4.92 Å². The van der Waals surface area contributed by atoms with Crippen LogP contribution in [0.4, 0.5) is 11.4 Å². The topological polar surface area (TPSA) is 84.3 Å². The maximum Gasteiger partial charge on any atom is 0.288 e. The monoisotopic (exact) mass is 397 g/mol. The number of halogens is 1. The van der Waals surface area contributed by atoms with Crippen LogP contribution in [0.1, 0.15) is 46.8 Å². The van der Waals surface area contributed by atoms with Crippen LogP contribution in [0, 0.1) is 16.0 Å². The number of hydrogen-bond donors (Lipinski definition) is 2. The molecule has 0 saturated heterocycles. The van der Waals surface area contributed by atoms with Crippen LogP contribution in [0.3, 0.4) is 0 Å². The Labute approximate surface area is 167 Å². The molecule has 7 heteroatoms. The van der Waals surface area contributed by atoms with Gasteiger partial charge in [0.15, 0.2) is 0 Å². The van der Waals surface area contributed by atoms with E-state index in [0.29, 0.717) is 12.1 Å². The van der Waals surface area contributed by atoms with Gasteiger partial charge in [-0.25, -0.2) is 0 Å². The number of nitro groups is 1. The number of nitrogens with zero attached hydrogens (tertiary/aromatic N) is 1. The number of rotatable bonds is 4. The lowest BCUT2D eigenvalue weighted by molar-refractivity contribution is -0.384. The van der Waals surface area contributed by atoms with E-state index in [1.54, 1.807) is 12.1 Å². The molecule has 3 unspecified atom stereocenters. The molecule has 0 saturated carbocycles. The highest BCUT2D eigenvalue weighted by atomic mass is 35.5. The van der Waals surface area contributed by atoms with Gasteiger partial charge in [0.05, 0.1) is 22.2 Å². The van der Waals surface area contributed by atoms with Crippen molar-refractivity contribution in [1.29, 1.82) is 0 Å². The van der Waals surface area contributed by atoms with Crippen LogP contribution in [0.15, 0.2) is 48.6 Å². The summed E-state index contributed by atoms with van der Waals surface area (Å²) in [6.07, 6.45) is 5.18. The molecule has 3 atom stereocenters. The number of carbonyl (C=O) groups excluding carboxylic acids is 1. The van der Waals surface area contributed by atoms with Gasteiger partial charge in [0.2, 0.25) is 0 Å². The van der Waals surface area contributed by atoms with E-state index >= 15 is 0 Å². The summed E-state index contributed by atoms with van der Waals surface area (Å²) in [4.78, 5) is 23.4. The minimum atomic E-state index is -0.465. The van der Waals surface area contributed by atoms with Gasteiger partial charge in [-0.15, -0.1) is 0 Å². The second-order valence-corrected chi connectivity index (χ2v) is 7.48. The Hall–Kier alpha value is -2.86. The fraction of sp³-hybridized carbons (Fsp3) is 0.286. The smallest absolute Gasteiger partial charge is 0.288 e. The maximum absolute atomic E-state index is 12.6. The SMILES string of the molecule is CCNC(=O)c1cccc2c1NC(c1ccc(Cl)c([N+](=O)[O-])c1)C1CC=CC21. The predicted octanol–water partition coefficient (Wildman–Crippen LogP) is 4.82. The third kappa shape index (κ3) is 3.03. The van der Waals surface area contributed by atoms with Gasteiger partial charge in [0, 0.05) is 18.5 Å². The highest BCUT2D eigenvalue weighted by Gasteiger charge is 2.39. The summed E-state index contributed by atoms with van der Waals surface area (Å²) in [7, 11) is 0. The molecule has 4 rings (SSSR count). The first-order valence-electron chi connectivity index (χ1n) is 9.29. The van der Waals surface area contributed by atoms with Crippen LogP contribution in [-0.4, -0.2) is 17.4 Å². The second kappa shape index (κ2) is 7.28. The predicted molar refractivity (Wildman–Crippen MR) is 109 cm³/mol. The number of hydrogen-bond acceptors (Lipinski definition) is 4. The molecule has 28 heavy (non-hydrogen) atoms. The zero-order valence-electron chi connectivity index (χ0n) is 15.3. The van der Waals surface area contributed by atoms with Crippen LogP contribution in [-0.2, 0) is 0 Å². The Balaban J connectivity index is 1.80. The van der Waals surface area contributed by atoms with Crippen molar-refractivity contribution in [3.05, 3.63) is 80.4 Å². The highest BCUT2D eigenvalue weighted by molar-refractivity contribution is 6.32. The summed E-state index contributed by atoms with van der Waals surface area (Å²) in [6, 6.07) is 10.5. The molecule has 144 valence electrons. The lowest BCUT2D eigenvalue weighted by atomic mass is 9.76. The van der Waals surface area contributed by atoms with Crippen molar-refractivity contribution < 1.29 is 9.72 Å². The third-order valence-electron chi connectivity index (χ3n) is 5.50. The van der Waals surface area contributed by atoms with Gasteiger partial charge in [-0.1, -0.05) is 42.0 Å². The Bertz CT molecular complexity index is 989. The second-order valence-electron chi connectivity index (χ2n) is 7.07. The van der Waals surface area contributed by atoms with Gasteiger partial charge in [-0.05, 0) is 42.5 Å². The molecule has 1 aliphatic carbocycles. The van der Waals surface area contributed by atoms with Gasteiger partial charge >= 0.3 is 0 Å². The summed E-state index contributed by atoms with van der Waals surface area (Å²) in [5, 5.41) is 17.8. The molecule has 0 bridgehead atoms. The van der Waals surface area contributed by atoms with E-state index in [1.807, 2.05) is 25.1 Å². The zero-order valence-corrected chi connectivity index (χ0v) is 16.1. The molecule has 2 aliphatic rings. The molecule has 1 aliphatic heterocycles. The quantitative estimate of drug-likeness (QED) is 0.440. The Morgan fingerprint density at radius 3 is 2.93 bits per heavy atom. The van der Waals surface area contributed by atoms with Crippen molar-refractivity contribution in [3.8, 4) is 0 Å². The molecule has 2 aromatic rings. The molecular formula is C21H20ClN3O3. The maximum atomic E-state index is 12.6. The molecule has 2 N–H and O–H groups in total. The van der Waals surface area contributed by atoms with E-state index in [1.165, 1.54) is 6.07 Å². The van der Waals surface area contributed by atoms with Crippen LogP contribution in [0.25, 0.3) is 0 Å². The van der Waals surface area contributed by atoms with Gasteiger partial charge in [0.1, 0.15) is 5.02 Å². The van der Waals surface area contributed by atoms with E-state index in [9.17, 15) is 14.9 Å². The number of carbonyl (C=O) groups is 1. The van der Waals surface area contributed by atoms with Crippen molar-refractivity contribution in [3.63, 3.8) is 0 Å². The summed E-state index contributed by atoms with van der Waals surface area (Å²) >= 11 is 6.00. The molecule has 0 fully saturated rings. The Morgan fingerprint density at radius 2 is 2.18 bits per heavy atom. The minimum Gasteiger partial charge on any atom is -0.377 e. The van der Waals surface area contributed by atoms with Gasteiger partial charge < -0.3 is 10.6 Å². The summed E-state index contributed by atoms with van der Waals surface area (Å²) in [5.74, 6) is 0.247. The van der Waals surface area contributed by atoms with Gasteiger partial charge in [-0.2, -0.15) is 0 Å². The Kier molecular flexibility index (Phi) is 4.81. The summed E-state index contributed by atoms with van der Waals surface area (Å²) < 4.78 is 0. The molecule has 1 heterocycles. The largest absolute Gasteiger partial charge is 0.377 e. The molecular weight excluding hydrogens is 378 g/mol. The van der Waals surface area contributed by atoms with Crippen molar-refractivity contribution in [2.75, 3.05) is 11.9 Å².